The van der Waals surface area contributed by atoms with E-state index >= 15 is 0 Å². The van der Waals surface area contributed by atoms with Crippen LogP contribution in [0.4, 0.5) is 5.00 Å². The predicted molar refractivity (Wildman–Crippen MR) is 103 cm³/mol. The van der Waals surface area contributed by atoms with E-state index in [0.29, 0.717) is 22.0 Å². The summed E-state index contributed by atoms with van der Waals surface area (Å²) < 4.78 is 5.77. The normalized spacial score (nSPS) is 20.9. The first kappa shape index (κ1) is 16.7. The SMILES string of the molecule is N#Cc1c(N)sc2c1[C@@]1(CCC2)CCCc2c1noc2-c1ccnc(Cl)n1. The van der Waals surface area contributed by atoms with Crippen LogP contribution < -0.4 is 5.73 Å². The Morgan fingerprint density at radius 2 is 2.11 bits per heavy atom. The largest absolute Gasteiger partial charge is 0.389 e. The highest BCUT2D eigenvalue weighted by molar-refractivity contribution is 7.16. The summed E-state index contributed by atoms with van der Waals surface area (Å²) in [7, 11) is 0. The van der Waals surface area contributed by atoms with E-state index in [-0.39, 0.29) is 10.7 Å². The highest BCUT2D eigenvalue weighted by atomic mass is 35.5. The van der Waals surface area contributed by atoms with Crippen LogP contribution in [0, 0.1) is 11.3 Å². The molecule has 27 heavy (non-hydrogen) atoms. The smallest absolute Gasteiger partial charge is 0.222 e. The molecule has 1 atom stereocenters. The summed E-state index contributed by atoms with van der Waals surface area (Å²) >= 11 is 7.51. The molecule has 0 fully saturated rings. The highest BCUT2D eigenvalue weighted by Crippen LogP contribution is 2.54. The van der Waals surface area contributed by atoms with Gasteiger partial charge in [0.25, 0.3) is 0 Å². The molecule has 0 amide bonds. The summed E-state index contributed by atoms with van der Waals surface area (Å²) in [5, 5.41) is 15.0. The maximum atomic E-state index is 9.74. The van der Waals surface area contributed by atoms with Gasteiger partial charge < -0.3 is 10.3 Å². The Morgan fingerprint density at radius 3 is 2.89 bits per heavy atom. The number of aryl methyl sites for hydroxylation is 1. The number of fused-ring (bicyclic) bond motifs is 4. The van der Waals surface area contributed by atoms with E-state index in [2.05, 4.69) is 21.2 Å². The maximum absolute atomic E-state index is 9.74. The number of hydrogen-bond acceptors (Lipinski definition) is 7. The zero-order valence-corrected chi connectivity index (χ0v) is 16.0. The first-order chi connectivity index (χ1) is 13.1. The summed E-state index contributed by atoms with van der Waals surface area (Å²) in [6.45, 7) is 0. The molecule has 6 nitrogen and oxygen atoms in total. The summed E-state index contributed by atoms with van der Waals surface area (Å²) in [5.41, 5.74) is 10.2. The minimum absolute atomic E-state index is 0.181. The molecular formula is C19H16ClN5OS. The number of nitrogen functional groups attached to an aromatic ring is 1. The van der Waals surface area contributed by atoms with Crippen LogP contribution in [0.5, 0.6) is 0 Å². The van der Waals surface area contributed by atoms with Gasteiger partial charge in [0.1, 0.15) is 16.8 Å². The van der Waals surface area contributed by atoms with Crippen LogP contribution in [0.2, 0.25) is 5.28 Å². The Kier molecular flexibility index (Phi) is 3.74. The van der Waals surface area contributed by atoms with Crippen molar-refractivity contribution in [1.29, 1.82) is 5.26 Å². The average molecular weight is 398 g/mol. The van der Waals surface area contributed by atoms with Gasteiger partial charge in [-0.1, -0.05) is 5.16 Å². The monoisotopic (exact) mass is 397 g/mol. The Hall–Kier alpha value is -2.43. The molecule has 1 spiro atoms. The van der Waals surface area contributed by atoms with Gasteiger partial charge in [-0.25, -0.2) is 9.97 Å². The summed E-state index contributed by atoms with van der Waals surface area (Å²) in [4.78, 5) is 9.45. The Balaban J connectivity index is 1.73. The zero-order chi connectivity index (χ0) is 18.6. The van der Waals surface area contributed by atoms with Crippen LogP contribution >= 0.6 is 22.9 Å². The van der Waals surface area contributed by atoms with Gasteiger partial charge in [0.2, 0.25) is 5.28 Å². The Labute approximate surface area is 165 Å². The number of aromatic nitrogens is 3. The second kappa shape index (κ2) is 6.04. The molecular weight excluding hydrogens is 382 g/mol. The van der Waals surface area contributed by atoms with Crippen LogP contribution in [0.25, 0.3) is 11.5 Å². The minimum atomic E-state index is -0.293. The lowest BCUT2D eigenvalue weighted by atomic mass is 9.62. The molecule has 2 aliphatic rings. The van der Waals surface area contributed by atoms with Gasteiger partial charge >= 0.3 is 0 Å². The van der Waals surface area contributed by atoms with Crippen molar-refractivity contribution in [2.24, 2.45) is 0 Å². The third kappa shape index (κ3) is 2.33. The van der Waals surface area contributed by atoms with E-state index in [1.165, 1.54) is 4.88 Å². The van der Waals surface area contributed by atoms with E-state index in [4.69, 9.17) is 21.9 Å². The van der Waals surface area contributed by atoms with Crippen molar-refractivity contribution in [1.82, 2.24) is 15.1 Å². The van der Waals surface area contributed by atoms with Gasteiger partial charge in [0, 0.05) is 22.1 Å². The molecule has 0 saturated heterocycles. The number of nitrogens with zero attached hydrogens (tertiary/aromatic N) is 4. The van der Waals surface area contributed by atoms with Crippen LogP contribution in [-0.4, -0.2) is 15.1 Å². The lowest BCUT2D eigenvalue weighted by Crippen LogP contribution is -2.36. The van der Waals surface area contributed by atoms with Gasteiger partial charge in [-0.15, -0.1) is 11.3 Å². The molecule has 0 aliphatic heterocycles. The van der Waals surface area contributed by atoms with E-state index in [0.717, 1.165) is 55.3 Å². The quantitative estimate of drug-likeness (QED) is 0.615. The molecule has 2 N–H and O–H groups in total. The second-order valence-electron chi connectivity index (χ2n) is 7.09. The van der Waals surface area contributed by atoms with Crippen LogP contribution in [0.1, 0.15) is 52.9 Å². The minimum Gasteiger partial charge on any atom is -0.389 e. The fraction of sp³-hybridized carbons (Fsp3) is 0.368. The van der Waals surface area contributed by atoms with Crippen molar-refractivity contribution < 1.29 is 4.52 Å². The molecule has 0 radical (unpaired) electrons. The van der Waals surface area contributed by atoms with Gasteiger partial charge in [-0.05, 0) is 61.8 Å². The summed E-state index contributed by atoms with van der Waals surface area (Å²) in [6.07, 6.45) is 7.41. The van der Waals surface area contributed by atoms with E-state index < -0.39 is 0 Å². The van der Waals surface area contributed by atoms with Gasteiger partial charge in [-0.3, -0.25) is 0 Å². The highest BCUT2D eigenvalue weighted by Gasteiger charge is 2.48. The molecule has 0 saturated carbocycles. The number of thiophene rings is 1. The van der Waals surface area contributed by atoms with Crippen molar-refractivity contribution in [3.63, 3.8) is 0 Å². The van der Waals surface area contributed by atoms with Crippen LogP contribution in [-0.2, 0) is 18.3 Å². The number of nitriles is 1. The first-order valence-electron chi connectivity index (χ1n) is 8.94. The molecule has 0 unspecified atom stereocenters. The molecule has 3 aromatic rings. The average Bonchev–Trinajstić information content (AvgIpc) is 3.24. The zero-order valence-electron chi connectivity index (χ0n) is 14.5. The number of halogens is 1. The standard InChI is InChI=1S/C19H16ClN5OS/c20-18-23-8-5-12(24-18)15-10-3-1-6-19(16(10)25-26-15)7-2-4-13-14(19)11(9-21)17(22)27-13/h5,8H,1-4,6-7,22H2/t19-/m0/s1. The molecule has 8 heteroatoms. The van der Waals surface area contributed by atoms with Crippen molar-refractivity contribution in [2.75, 3.05) is 5.73 Å². The third-order valence-electron chi connectivity index (χ3n) is 5.74. The maximum Gasteiger partial charge on any atom is 0.222 e. The fourth-order valence-corrected chi connectivity index (χ4v) is 6.03. The lowest BCUT2D eigenvalue weighted by molar-refractivity contribution is 0.337. The molecule has 3 heterocycles. The van der Waals surface area contributed by atoms with Gasteiger partial charge in [0.15, 0.2) is 5.76 Å². The van der Waals surface area contributed by atoms with Crippen molar-refractivity contribution >= 4 is 27.9 Å². The fourth-order valence-electron chi connectivity index (χ4n) is 4.72. The van der Waals surface area contributed by atoms with Gasteiger partial charge in [0.05, 0.1) is 11.3 Å². The number of rotatable bonds is 1. The predicted octanol–water partition coefficient (Wildman–Crippen LogP) is 4.26. The van der Waals surface area contributed by atoms with Gasteiger partial charge in [-0.2, -0.15) is 5.26 Å². The molecule has 0 aromatic carbocycles. The Morgan fingerprint density at radius 1 is 1.30 bits per heavy atom. The van der Waals surface area contributed by atoms with Crippen molar-refractivity contribution in [3.8, 4) is 17.5 Å². The topological polar surface area (TPSA) is 102 Å². The van der Waals surface area contributed by atoms with E-state index in [1.807, 2.05) is 0 Å². The van der Waals surface area contributed by atoms with E-state index in [9.17, 15) is 5.26 Å². The van der Waals surface area contributed by atoms with Crippen LogP contribution in [0.15, 0.2) is 16.8 Å². The third-order valence-corrected chi connectivity index (χ3v) is 7.00. The second-order valence-corrected chi connectivity index (χ2v) is 8.57. The van der Waals surface area contributed by atoms with E-state index in [1.54, 1.807) is 23.6 Å². The number of hydrogen-bond donors (Lipinski definition) is 1. The first-order valence-corrected chi connectivity index (χ1v) is 10.1. The molecule has 5 rings (SSSR count). The molecule has 3 aromatic heterocycles. The summed E-state index contributed by atoms with van der Waals surface area (Å²) in [6, 6.07) is 4.12. The number of nitrogens with two attached hydrogens (primary N) is 1. The molecule has 0 bridgehead atoms. The van der Waals surface area contributed by atoms with Crippen molar-refractivity contribution in [3.05, 3.63) is 44.8 Å². The molecule has 2 aliphatic carbocycles. The molecule has 136 valence electrons. The summed E-state index contributed by atoms with van der Waals surface area (Å²) in [5.74, 6) is 0.655. The Bertz CT molecular complexity index is 1090. The van der Waals surface area contributed by atoms with Crippen molar-refractivity contribution in [2.45, 2.75) is 43.9 Å². The lowest BCUT2D eigenvalue weighted by Gasteiger charge is -2.39. The van der Waals surface area contributed by atoms with Crippen LogP contribution in [0.3, 0.4) is 0 Å². The number of anilines is 1.